The van der Waals surface area contributed by atoms with Crippen LogP contribution in [0.4, 0.5) is 11.6 Å². The normalized spacial score (nSPS) is 13.6. The van der Waals surface area contributed by atoms with E-state index < -0.39 is 0 Å². The monoisotopic (exact) mass is 564 g/mol. The predicted octanol–water partition coefficient (Wildman–Crippen LogP) is 7.52. The van der Waals surface area contributed by atoms with Crippen LogP contribution in [0.25, 0.3) is 11.0 Å². The summed E-state index contributed by atoms with van der Waals surface area (Å²) < 4.78 is 7.54. The van der Waals surface area contributed by atoms with Crippen molar-refractivity contribution in [2.75, 3.05) is 45.2 Å². The maximum atomic E-state index is 13.7. The molecule has 0 aliphatic carbocycles. The molecule has 41 heavy (non-hydrogen) atoms. The van der Waals surface area contributed by atoms with Gasteiger partial charge in [-0.15, -0.1) is 0 Å². The first kappa shape index (κ1) is 32.4. The van der Waals surface area contributed by atoms with Gasteiger partial charge in [-0.05, 0) is 82.1 Å². The van der Waals surface area contributed by atoms with Crippen LogP contribution in [0.3, 0.4) is 0 Å². The van der Waals surface area contributed by atoms with Gasteiger partial charge in [-0.1, -0.05) is 53.4 Å². The number of imidazole rings is 1. The molecule has 1 aliphatic heterocycles. The van der Waals surface area contributed by atoms with Gasteiger partial charge >= 0.3 is 0 Å². The fraction of sp³-hybridized carbons (Fsp3) is 0.606. The molecular formula is C33H52N6O2. The van der Waals surface area contributed by atoms with Crippen LogP contribution in [-0.4, -0.2) is 70.1 Å². The van der Waals surface area contributed by atoms with Crippen LogP contribution >= 0.6 is 0 Å². The topological polar surface area (TPSA) is 75.5 Å². The highest BCUT2D eigenvalue weighted by atomic mass is 16.5. The summed E-state index contributed by atoms with van der Waals surface area (Å²) in [5.74, 6) is 1.61. The van der Waals surface area contributed by atoms with Crippen LogP contribution in [0.15, 0.2) is 36.5 Å². The van der Waals surface area contributed by atoms with Crippen LogP contribution in [0.1, 0.15) is 96.0 Å². The molecule has 226 valence electrons. The average Bonchev–Trinajstić information content (AvgIpc) is 3.33. The van der Waals surface area contributed by atoms with E-state index in [0.29, 0.717) is 5.69 Å². The third-order valence-corrected chi connectivity index (χ3v) is 7.86. The molecule has 4 rings (SSSR count). The van der Waals surface area contributed by atoms with Gasteiger partial charge in [0, 0.05) is 25.3 Å². The summed E-state index contributed by atoms with van der Waals surface area (Å²) in [4.78, 5) is 27.7. The number of benzene rings is 1. The zero-order valence-electron chi connectivity index (χ0n) is 24.8. The molecule has 1 N–H and O–H groups in total. The van der Waals surface area contributed by atoms with Crippen molar-refractivity contribution in [2.24, 2.45) is 0 Å². The highest BCUT2D eigenvalue weighted by Gasteiger charge is 2.20. The number of nitrogens with one attached hydrogen (secondary N) is 1. The van der Waals surface area contributed by atoms with Gasteiger partial charge < -0.3 is 24.4 Å². The Hall–Kier alpha value is -3.13. The zero-order chi connectivity index (χ0) is 28.2. The molecule has 8 heteroatoms. The van der Waals surface area contributed by atoms with E-state index in [1.807, 2.05) is 35.2 Å². The molecule has 2 aromatic heterocycles. The number of carbonyl (C=O) groups is 1. The molecule has 1 fully saturated rings. The quantitative estimate of drug-likeness (QED) is 0.181. The summed E-state index contributed by atoms with van der Waals surface area (Å²) in [6, 6.07) is 9.82. The molecule has 3 aromatic rings. The SMILES string of the molecule is C.CCCCCN(CCCCC)C(=O)c1cc2c(cn1)nc(Nc1ccc(OC)cc1)n2CCCN1CCCCC1. The number of aromatic nitrogens is 3. The second-order valence-electron chi connectivity index (χ2n) is 11.0. The van der Waals surface area contributed by atoms with Gasteiger partial charge in [-0.25, -0.2) is 9.97 Å². The minimum Gasteiger partial charge on any atom is -0.497 e. The molecule has 3 heterocycles. The summed E-state index contributed by atoms with van der Waals surface area (Å²) in [7, 11) is 1.67. The molecule has 1 saturated heterocycles. The summed E-state index contributed by atoms with van der Waals surface area (Å²) in [6.45, 7) is 10.2. The maximum absolute atomic E-state index is 13.7. The lowest BCUT2D eigenvalue weighted by Crippen LogP contribution is -2.33. The third-order valence-electron chi connectivity index (χ3n) is 7.86. The lowest BCUT2D eigenvalue weighted by molar-refractivity contribution is 0.0744. The summed E-state index contributed by atoms with van der Waals surface area (Å²) >= 11 is 0. The Balaban J connectivity index is 0.00000462. The molecular weight excluding hydrogens is 512 g/mol. The molecule has 8 nitrogen and oxygen atoms in total. The lowest BCUT2D eigenvalue weighted by atomic mass is 10.1. The van der Waals surface area contributed by atoms with E-state index in [1.54, 1.807) is 13.3 Å². The van der Waals surface area contributed by atoms with Gasteiger partial charge in [0.25, 0.3) is 5.91 Å². The lowest BCUT2D eigenvalue weighted by Gasteiger charge is -2.26. The first-order valence-corrected chi connectivity index (χ1v) is 15.4. The van der Waals surface area contributed by atoms with Gasteiger partial charge in [0.15, 0.2) is 0 Å². The Labute approximate surface area is 247 Å². The van der Waals surface area contributed by atoms with Crippen LogP contribution < -0.4 is 10.1 Å². The number of hydrogen-bond donors (Lipinski definition) is 1. The van der Waals surface area contributed by atoms with Crippen molar-refractivity contribution in [3.8, 4) is 5.75 Å². The van der Waals surface area contributed by atoms with Crippen molar-refractivity contribution in [1.82, 2.24) is 24.3 Å². The van der Waals surface area contributed by atoms with Crippen LogP contribution in [0.5, 0.6) is 5.75 Å². The van der Waals surface area contributed by atoms with Crippen molar-refractivity contribution in [2.45, 2.75) is 92.0 Å². The van der Waals surface area contributed by atoms with E-state index in [1.165, 1.54) is 32.4 Å². The molecule has 1 aromatic carbocycles. The van der Waals surface area contributed by atoms with E-state index in [4.69, 9.17) is 9.72 Å². The zero-order valence-corrected chi connectivity index (χ0v) is 24.8. The summed E-state index contributed by atoms with van der Waals surface area (Å²) in [5.41, 5.74) is 3.20. The Bertz CT molecular complexity index is 1180. The molecule has 0 spiro atoms. The van der Waals surface area contributed by atoms with Gasteiger partial charge in [-0.2, -0.15) is 0 Å². The van der Waals surface area contributed by atoms with E-state index in [-0.39, 0.29) is 13.3 Å². The Kier molecular flexibility index (Phi) is 13.4. The Morgan fingerprint density at radius 1 is 0.951 bits per heavy atom. The molecule has 0 saturated carbocycles. The minimum atomic E-state index is 0. The number of unbranched alkanes of at least 4 members (excludes halogenated alkanes) is 4. The maximum Gasteiger partial charge on any atom is 0.272 e. The number of ether oxygens (including phenoxy) is 1. The molecule has 0 bridgehead atoms. The molecule has 1 amide bonds. The number of hydrogen-bond acceptors (Lipinski definition) is 6. The number of nitrogens with zero attached hydrogens (tertiary/aromatic N) is 5. The number of anilines is 2. The van der Waals surface area contributed by atoms with E-state index >= 15 is 0 Å². The molecule has 0 atom stereocenters. The highest BCUT2D eigenvalue weighted by molar-refractivity contribution is 5.95. The number of methoxy groups -OCH3 is 1. The number of likely N-dealkylation sites (tertiary alicyclic amines) is 1. The number of amides is 1. The number of aryl methyl sites for hydroxylation is 1. The number of fused-ring (bicyclic) bond motifs is 1. The smallest absolute Gasteiger partial charge is 0.272 e. The van der Waals surface area contributed by atoms with E-state index in [9.17, 15) is 4.79 Å². The molecule has 1 aliphatic rings. The van der Waals surface area contributed by atoms with Crippen molar-refractivity contribution in [3.05, 3.63) is 42.2 Å². The fourth-order valence-electron chi connectivity index (χ4n) is 5.49. The van der Waals surface area contributed by atoms with Crippen molar-refractivity contribution >= 4 is 28.6 Å². The average molecular weight is 565 g/mol. The molecule has 0 radical (unpaired) electrons. The fourth-order valence-corrected chi connectivity index (χ4v) is 5.49. The van der Waals surface area contributed by atoms with Gasteiger partial charge in [-0.3, -0.25) is 4.79 Å². The van der Waals surface area contributed by atoms with Crippen LogP contribution in [-0.2, 0) is 6.54 Å². The summed E-state index contributed by atoms with van der Waals surface area (Å²) in [5, 5.41) is 3.50. The number of piperidine rings is 1. The standard InChI is InChI=1S/C32H48N6O2.CH4/c1-4-6-9-21-37(22-10-7-5-2)31(39)28-24-30-29(25-33-28)35-32(34-26-14-16-27(40-3)17-15-26)38(30)23-13-20-36-18-11-8-12-19-36;/h14-17,24-25H,4-13,18-23H2,1-3H3,(H,34,35);1H4. The van der Waals surface area contributed by atoms with Crippen molar-refractivity contribution in [3.63, 3.8) is 0 Å². The third kappa shape index (κ3) is 9.18. The Morgan fingerprint density at radius 2 is 1.63 bits per heavy atom. The minimum absolute atomic E-state index is 0. The second kappa shape index (κ2) is 17.0. The van der Waals surface area contributed by atoms with Gasteiger partial charge in [0.2, 0.25) is 5.95 Å². The summed E-state index contributed by atoms with van der Waals surface area (Å²) in [6.07, 6.45) is 13.3. The Morgan fingerprint density at radius 3 is 2.27 bits per heavy atom. The van der Waals surface area contributed by atoms with Crippen molar-refractivity contribution in [1.29, 1.82) is 0 Å². The second-order valence-corrected chi connectivity index (χ2v) is 11.0. The first-order valence-electron chi connectivity index (χ1n) is 15.4. The van der Waals surface area contributed by atoms with Gasteiger partial charge in [0.05, 0.1) is 18.8 Å². The van der Waals surface area contributed by atoms with Gasteiger partial charge in [0.1, 0.15) is 17.0 Å². The van der Waals surface area contributed by atoms with Crippen LogP contribution in [0.2, 0.25) is 0 Å². The highest BCUT2D eigenvalue weighted by Crippen LogP contribution is 2.25. The first-order chi connectivity index (χ1) is 19.6. The van der Waals surface area contributed by atoms with Crippen molar-refractivity contribution < 1.29 is 9.53 Å². The van der Waals surface area contributed by atoms with E-state index in [2.05, 4.69) is 33.6 Å². The van der Waals surface area contributed by atoms with E-state index in [0.717, 1.165) is 99.5 Å². The number of pyridine rings is 1. The molecule has 0 unspecified atom stereocenters. The van der Waals surface area contributed by atoms with Crippen LogP contribution in [0, 0.1) is 0 Å². The largest absolute Gasteiger partial charge is 0.497 e. The number of rotatable bonds is 16. The predicted molar refractivity (Wildman–Crippen MR) is 170 cm³/mol. The number of carbonyl (C=O) groups excluding carboxylic acids is 1.